The van der Waals surface area contributed by atoms with E-state index in [1.807, 2.05) is 13.0 Å². The van der Waals surface area contributed by atoms with Gasteiger partial charge in [0, 0.05) is 12.7 Å². The molecule has 0 aliphatic heterocycles. The van der Waals surface area contributed by atoms with E-state index in [9.17, 15) is 0 Å². The van der Waals surface area contributed by atoms with Crippen molar-refractivity contribution in [3.05, 3.63) is 18.0 Å². The zero-order valence-electron chi connectivity index (χ0n) is 7.07. The number of hydrogen-bond donors (Lipinski definition) is 1. The Morgan fingerprint density at radius 3 is 3.08 bits per heavy atom. The molecule has 0 spiro atoms. The maximum atomic E-state index is 8.51. The fraction of sp³-hybridized carbons (Fsp3) is 0.500. The second-order valence-electron chi connectivity index (χ2n) is 2.90. The monoisotopic (exact) mass is 164 g/mol. The van der Waals surface area contributed by atoms with Crippen LogP contribution in [0.1, 0.15) is 12.5 Å². The lowest BCUT2D eigenvalue weighted by atomic mass is 10.2. The summed E-state index contributed by atoms with van der Waals surface area (Å²) in [4.78, 5) is 0. The van der Waals surface area contributed by atoms with Crippen molar-refractivity contribution in [3.8, 4) is 6.07 Å². The van der Waals surface area contributed by atoms with Crippen molar-refractivity contribution in [3.63, 3.8) is 0 Å². The smallest absolute Gasteiger partial charge is 0.102 e. The fourth-order valence-corrected chi connectivity index (χ4v) is 0.915. The van der Waals surface area contributed by atoms with Gasteiger partial charge in [-0.3, -0.25) is 4.68 Å². The second kappa shape index (κ2) is 3.88. The minimum absolute atomic E-state index is 0.399. The molecule has 1 heterocycles. The van der Waals surface area contributed by atoms with Gasteiger partial charge in [-0.1, -0.05) is 6.92 Å². The van der Waals surface area contributed by atoms with Crippen LogP contribution in [0.15, 0.2) is 12.4 Å². The maximum absolute atomic E-state index is 8.51. The summed E-state index contributed by atoms with van der Waals surface area (Å²) < 4.78 is 1.75. The van der Waals surface area contributed by atoms with Gasteiger partial charge < -0.3 is 5.73 Å². The van der Waals surface area contributed by atoms with Crippen molar-refractivity contribution in [2.45, 2.75) is 13.5 Å². The zero-order valence-corrected chi connectivity index (χ0v) is 7.07. The van der Waals surface area contributed by atoms with Gasteiger partial charge in [0.15, 0.2) is 0 Å². The predicted molar refractivity (Wildman–Crippen MR) is 45.2 cm³/mol. The van der Waals surface area contributed by atoms with Crippen molar-refractivity contribution in [2.75, 3.05) is 6.54 Å². The molecular weight excluding hydrogens is 152 g/mol. The standard InChI is InChI=1S/C8H12N4/c1-7(2-9)5-12-6-8(3-10)4-11-12/h4,6-7H,2,5,9H2,1H3. The van der Waals surface area contributed by atoms with E-state index in [1.165, 1.54) is 0 Å². The Balaban J connectivity index is 2.59. The molecule has 4 heteroatoms. The first kappa shape index (κ1) is 8.75. The Hall–Kier alpha value is -1.34. The van der Waals surface area contributed by atoms with Crippen molar-refractivity contribution >= 4 is 0 Å². The van der Waals surface area contributed by atoms with E-state index in [0.717, 1.165) is 6.54 Å². The van der Waals surface area contributed by atoms with E-state index in [4.69, 9.17) is 11.0 Å². The summed E-state index contributed by atoms with van der Waals surface area (Å²) in [5.41, 5.74) is 6.05. The van der Waals surface area contributed by atoms with Crippen LogP contribution in [0.2, 0.25) is 0 Å². The van der Waals surface area contributed by atoms with Crippen LogP contribution in [0, 0.1) is 17.2 Å². The zero-order chi connectivity index (χ0) is 8.97. The average Bonchev–Trinajstić information content (AvgIpc) is 2.52. The quantitative estimate of drug-likeness (QED) is 0.700. The number of nitriles is 1. The van der Waals surface area contributed by atoms with Gasteiger partial charge in [0.2, 0.25) is 0 Å². The lowest BCUT2D eigenvalue weighted by Gasteiger charge is -2.06. The summed E-state index contributed by atoms with van der Waals surface area (Å²) in [6.45, 7) is 3.47. The molecule has 0 amide bonds. The van der Waals surface area contributed by atoms with Crippen molar-refractivity contribution < 1.29 is 0 Å². The first-order chi connectivity index (χ1) is 5.76. The molecule has 0 aliphatic carbocycles. The molecular formula is C8H12N4. The Kier molecular flexibility index (Phi) is 2.83. The minimum Gasteiger partial charge on any atom is -0.330 e. The molecule has 2 N–H and O–H groups in total. The van der Waals surface area contributed by atoms with Gasteiger partial charge in [0.25, 0.3) is 0 Å². The van der Waals surface area contributed by atoms with Crippen LogP contribution in [0.3, 0.4) is 0 Å². The average molecular weight is 164 g/mol. The number of nitrogens with zero attached hydrogens (tertiary/aromatic N) is 3. The van der Waals surface area contributed by atoms with E-state index >= 15 is 0 Å². The highest BCUT2D eigenvalue weighted by Crippen LogP contribution is 1.99. The Labute approximate surface area is 71.6 Å². The first-order valence-corrected chi connectivity index (χ1v) is 3.89. The highest BCUT2D eigenvalue weighted by molar-refractivity contribution is 5.21. The van der Waals surface area contributed by atoms with Crippen molar-refractivity contribution in [2.24, 2.45) is 11.7 Å². The molecule has 64 valence electrons. The highest BCUT2D eigenvalue weighted by Gasteiger charge is 2.01. The second-order valence-corrected chi connectivity index (χ2v) is 2.90. The number of hydrogen-bond acceptors (Lipinski definition) is 3. The number of nitrogens with two attached hydrogens (primary N) is 1. The number of rotatable bonds is 3. The topological polar surface area (TPSA) is 67.6 Å². The molecule has 0 aromatic carbocycles. The summed E-state index contributed by atoms with van der Waals surface area (Å²) >= 11 is 0. The van der Waals surface area contributed by atoms with Crippen LogP contribution >= 0.6 is 0 Å². The summed E-state index contributed by atoms with van der Waals surface area (Å²) in [5, 5.41) is 12.5. The molecule has 1 aromatic rings. The highest BCUT2D eigenvalue weighted by atomic mass is 15.3. The Morgan fingerprint density at radius 2 is 2.58 bits per heavy atom. The van der Waals surface area contributed by atoms with Gasteiger partial charge in [-0.25, -0.2) is 0 Å². The number of aromatic nitrogens is 2. The minimum atomic E-state index is 0.399. The van der Waals surface area contributed by atoms with E-state index < -0.39 is 0 Å². The summed E-state index contributed by atoms with van der Waals surface area (Å²) in [5.74, 6) is 0.399. The van der Waals surface area contributed by atoms with Gasteiger partial charge in [0.05, 0.1) is 11.8 Å². The summed E-state index contributed by atoms with van der Waals surface area (Å²) in [6.07, 6.45) is 3.29. The molecule has 1 aromatic heterocycles. The predicted octanol–water partition coefficient (Wildman–Crippen LogP) is 0.350. The third-order valence-corrected chi connectivity index (χ3v) is 1.66. The lowest BCUT2D eigenvalue weighted by molar-refractivity contribution is 0.458. The molecule has 0 aliphatic rings. The van der Waals surface area contributed by atoms with Gasteiger partial charge in [0.1, 0.15) is 6.07 Å². The largest absolute Gasteiger partial charge is 0.330 e. The normalized spacial score (nSPS) is 12.4. The van der Waals surface area contributed by atoms with Crippen LogP contribution in [0.5, 0.6) is 0 Å². The van der Waals surface area contributed by atoms with Crippen LogP contribution in [-0.4, -0.2) is 16.3 Å². The van der Waals surface area contributed by atoms with E-state index in [0.29, 0.717) is 18.0 Å². The Morgan fingerprint density at radius 1 is 1.83 bits per heavy atom. The van der Waals surface area contributed by atoms with Crippen molar-refractivity contribution in [1.82, 2.24) is 9.78 Å². The van der Waals surface area contributed by atoms with Crippen LogP contribution in [0.4, 0.5) is 0 Å². The van der Waals surface area contributed by atoms with Crippen LogP contribution < -0.4 is 5.73 Å². The molecule has 4 nitrogen and oxygen atoms in total. The first-order valence-electron chi connectivity index (χ1n) is 3.89. The van der Waals surface area contributed by atoms with E-state index in [2.05, 4.69) is 5.10 Å². The molecule has 0 radical (unpaired) electrons. The molecule has 1 rings (SSSR count). The molecule has 12 heavy (non-hydrogen) atoms. The lowest BCUT2D eigenvalue weighted by Crippen LogP contribution is -2.17. The SMILES string of the molecule is CC(CN)Cn1cc(C#N)cn1. The molecule has 0 saturated carbocycles. The fourth-order valence-electron chi connectivity index (χ4n) is 0.915. The summed E-state index contributed by atoms with van der Waals surface area (Å²) in [7, 11) is 0. The molecule has 0 saturated heterocycles. The van der Waals surface area contributed by atoms with E-state index in [-0.39, 0.29) is 0 Å². The Bertz CT molecular complexity index is 283. The third kappa shape index (κ3) is 2.07. The van der Waals surface area contributed by atoms with Crippen molar-refractivity contribution in [1.29, 1.82) is 5.26 Å². The van der Waals surface area contributed by atoms with E-state index in [1.54, 1.807) is 17.1 Å². The van der Waals surface area contributed by atoms with Gasteiger partial charge in [-0.2, -0.15) is 10.4 Å². The summed E-state index contributed by atoms with van der Waals surface area (Å²) in [6, 6.07) is 2.02. The van der Waals surface area contributed by atoms with Gasteiger partial charge in [-0.05, 0) is 12.5 Å². The van der Waals surface area contributed by atoms with Gasteiger partial charge >= 0.3 is 0 Å². The molecule has 0 fully saturated rings. The molecule has 0 bridgehead atoms. The third-order valence-electron chi connectivity index (χ3n) is 1.66. The molecule has 1 atom stereocenters. The van der Waals surface area contributed by atoms with Crippen LogP contribution in [-0.2, 0) is 6.54 Å². The molecule has 1 unspecified atom stereocenters. The van der Waals surface area contributed by atoms with Gasteiger partial charge in [-0.15, -0.1) is 0 Å². The maximum Gasteiger partial charge on any atom is 0.102 e. The van der Waals surface area contributed by atoms with Crippen LogP contribution in [0.25, 0.3) is 0 Å².